The third kappa shape index (κ3) is 6.67. The molecule has 0 bridgehead atoms. The van der Waals surface area contributed by atoms with Crippen molar-refractivity contribution in [2.45, 2.75) is 19.0 Å². The lowest BCUT2D eigenvalue weighted by molar-refractivity contribution is 0.211. The molecule has 0 aliphatic carbocycles. The summed E-state index contributed by atoms with van der Waals surface area (Å²) in [6.07, 6.45) is 1.01. The van der Waals surface area contributed by atoms with E-state index in [4.69, 9.17) is 21.1 Å². The quantitative estimate of drug-likeness (QED) is 0.312. The number of benzene rings is 2. The predicted molar refractivity (Wildman–Crippen MR) is 129 cm³/mol. The molecule has 0 amide bonds. The second kappa shape index (κ2) is 11.7. The van der Waals surface area contributed by atoms with Gasteiger partial charge in [0.15, 0.2) is 5.96 Å². The molecule has 1 fully saturated rings. The Labute approximate surface area is 189 Å². The molecule has 168 valence electrons. The van der Waals surface area contributed by atoms with E-state index in [1.165, 1.54) is 5.56 Å². The summed E-state index contributed by atoms with van der Waals surface area (Å²) in [5, 5.41) is 11.0. The van der Waals surface area contributed by atoms with Gasteiger partial charge in [-0.25, -0.2) is 0 Å². The number of hydrogen-bond acceptors (Lipinski definition) is 5. The molecule has 8 heteroatoms. The number of aliphatic imine (C=N–C) groups is 1. The maximum Gasteiger partial charge on any atom is 0.191 e. The average molecular weight is 446 g/mol. The second-order valence-electron chi connectivity index (χ2n) is 7.43. The van der Waals surface area contributed by atoms with Gasteiger partial charge in [-0.05, 0) is 42.3 Å². The normalized spacial score (nSPS) is 16.3. The number of anilines is 2. The fraction of sp³-hybridized carbons (Fsp3) is 0.435. The van der Waals surface area contributed by atoms with E-state index >= 15 is 0 Å². The van der Waals surface area contributed by atoms with Crippen molar-refractivity contribution < 1.29 is 9.47 Å². The van der Waals surface area contributed by atoms with Gasteiger partial charge >= 0.3 is 0 Å². The van der Waals surface area contributed by atoms with Crippen molar-refractivity contribution in [2.24, 2.45) is 4.99 Å². The van der Waals surface area contributed by atoms with Crippen molar-refractivity contribution in [2.75, 3.05) is 57.7 Å². The molecule has 0 spiro atoms. The van der Waals surface area contributed by atoms with E-state index in [9.17, 15) is 0 Å². The second-order valence-corrected chi connectivity index (χ2v) is 7.87. The molecule has 1 heterocycles. The zero-order valence-corrected chi connectivity index (χ0v) is 19.2. The molecule has 7 nitrogen and oxygen atoms in total. The molecule has 2 aromatic rings. The highest BCUT2D eigenvalue weighted by atomic mass is 35.5. The molecule has 0 aromatic heterocycles. The number of nitrogens with one attached hydrogen (secondary N) is 3. The summed E-state index contributed by atoms with van der Waals surface area (Å²) in [6, 6.07) is 14.4. The Hall–Kier alpha value is -2.64. The Kier molecular flexibility index (Phi) is 8.67. The zero-order chi connectivity index (χ0) is 22.1. The average Bonchev–Trinajstić information content (AvgIpc) is 3.26. The van der Waals surface area contributed by atoms with Crippen molar-refractivity contribution in [1.29, 1.82) is 0 Å². The molecule has 0 radical (unpaired) electrons. The third-order valence-corrected chi connectivity index (χ3v) is 5.52. The van der Waals surface area contributed by atoms with Crippen LogP contribution in [0.3, 0.4) is 0 Å². The highest BCUT2D eigenvalue weighted by Gasteiger charge is 2.25. The monoisotopic (exact) mass is 445 g/mol. The molecule has 1 saturated heterocycles. The van der Waals surface area contributed by atoms with E-state index in [0.717, 1.165) is 49.1 Å². The van der Waals surface area contributed by atoms with Gasteiger partial charge in [-0.2, -0.15) is 0 Å². The summed E-state index contributed by atoms with van der Waals surface area (Å²) in [6.45, 7) is 3.98. The summed E-state index contributed by atoms with van der Waals surface area (Å²) in [4.78, 5) is 6.68. The number of guanidine groups is 1. The Morgan fingerprint density at radius 2 is 2.00 bits per heavy atom. The predicted octanol–water partition coefficient (Wildman–Crippen LogP) is 3.35. The molecule has 3 rings (SSSR count). The van der Waals surface area contributed by atoms with Crippen LogP contribution in [0.25, 0.3) is 0 Å². The smallest absolute Gasteiger partial charge is 0.191 e. The molecule has 0 saturated carbocycles. The van der Waals surface area contributed by atoms with Gasteiger partial charge in [0.05, 0.1) is 19.4 Å². The lowest BCUT2D eigenvalue weighted by Crippen LogP contribution is -2.44. The topological polar surface area (TPSA) is 70.2 Å². The molecule has 1 aliphatic rings. The Bertz CT molecular complexity index is 860. The Morgan fingerprint density at radius 3 is 2.71 bits per heavy atom. The number of methoxy groups -OCH3 is 2. The molecule has 2 aromatic carbocycles. The van der Waals surface area contributed by atoms with Crippen molar-refractivity contribution in [1.82, 2.24) is 10.6 Å². The van der Waals surface area contributed by atoms with Gasteiger partial charge in [0, 0.05) is 57.1 Å². The number of nitrogens with zero attached hydrogens (tertiary/aromatic N) is 2. The van der Waals surface area contributed by atoms with Crippen LogP contribution in [0, 0.1) is 0 Å². The van der Waals surface area contributed by atoms with E-state index in [1.807, 2.05) is 18.2 Å². The van der Waals surface area contributed by atoms with E-state index < -0.39 is 0 Å². The van der Waals surface area contributed by atoms with Crippen LogP contribution in [0.1, 0.15) is 12.0 Å². The molecular formula is C23H32ClN5O2. The summed E-state index contributed by atoms with van der Waals surface area (Å²) in [7, 11) is 5.19. The minimum absolute atomic E-state index is 0.294. The van der Waals surface area contributed by atoms with Crippen LogP contribution in [-0.4, -0.2) is 59.5 Å². The molecule has 31 heavy (non-hydrogen) atoms. The van der Waals surface area contributed by atoms with Crippen LogP contribution in [0.4, 0.5) is 11.4 Å². The SMILES string of the molecule is CN=C(NCc1ccc(NCCOC)cc1)NC1CCN(c2cc(Cl)ccc2OC)C1. The van der Waals surface area contributed by atoms with Gasteiger partial charge < -0.3 is 30.3 Å². The first-order chi connectivity index (χ1) is 15.1. The van der Waals surface area contributed by atoms with Crippen LogP contribution in [-0.2, 0) is 11.3 Å². The zero-order valence-electron chi connectivity index (χ0n) is 18.5. The van der Waals surface area contributed by atoms with Crippen LogP contribution in [0.5, 0.6) is 5.75 Å². The van der Waals surface area contributed by atoms with E-state index in [1.54, 1.807) is 21.3 Å². The Morgan fingerprint density at radius 1 is 1.19 bits per heavy atom. The Balaban J connectivity index is 1.49. The highest BCUT2D eigenvalue weighted by molar-refractivity contribution is 6.30. The van der Waals surface area contributed by atoms with Gasteiger partial charge in [-0.1, -0.05) is 23.7 Å². The summed E-state index contributed by atoms with van der Waals surface area (Å²) in [5.41, 5.74) is 3.31. The number of hydrogen-bond donors (Lipinski definition) is 3. The van der Waals surface area contributed by atoms with Crippen LogP contribution in [0.2, 0.25) is 5.02 Å². The van der Waals surface area contributed by atoms with Crippen molar-refractivity contribution in [3.05, 3.63) is 53.1 Å². The summed E-state index contributed by atoms with van der Waals surface area (Å²) < 4.78 is 10.6. The highest BCUT2D eigenvalue weighted by Crippen LogP contribution is 2.33. The number of ether oxygens (including phenoxy) is 2. The minimum atomic E-state index is 0.294. The fourth-order valence-corrected chi connectivity index (χ4v) is 3.79. The third-order valence-electron chi connectivity index (χ3n) is 5.28. The molecule has 1 unspecified atom stereocenters. The molecular weight excluding hydrogens is 414 g/mol. The number of halogens is 1. The summed E-state index contributed by atoms with van der Waals surface area (Å²) in [5.74, 6) is 1.64. The first-order valence-corrected chi connectivity index (χ1v) is 10.9. The number of rotatable bonds is 9. The molecule has 3 N–H and O–H groups in total. The first-order valence-electron chi connectivity index (χ1n) is 10.5. The van der Waals surface area contributed by atoms with Crippen molar-refractivity contribution >= 4 is 28.9 Å². The lowest BCUT2D eigenvalue weighted by Gasteiger charge is -2.22. The van der Waals surface area contributed by atoms with Crippen molar-refractivity contribution in [3.8, 4) is 5.75 Å². The maximum absolute atomic E-state index is 6.20. The summed E-state index contributed by atoms with van der Waals surface area (Å²) >= 11 is 6.20. The van der Waals surface area contributed by atoms with E-state index in [-0.39, 0.29) is 0 Å². The molecule has 1 atom stereocenters. The lowest BCUT2D eigenvalue weighted by atomic mass is 10.2. The largest absolute Gasteiger partial charge is 0.495 e. The van der Waals surface area contributed by atoms with Crippen LogP contribution < -0.4 is 25.6 Å². The van der Waals surface area contributed by atoms with Crippen LogP contribution >= 0.6 is 11.6 Å². The molecule has 1 aliphatic heterocycles. The van der Waals surface area contributed by atoms with Gasteiger partial charge in [0.2, 0.25) is 0 Å². The van der Waals surface area contributed by atoms with Crippen molar-refractivity contribution in [3.63, 3.8) is 0 Å². The van der Waals surface area contributed by atoms with Gasteiger partial charge in [0.1, 0.15) is 5.75 Å². The van der Waals surface area contributed by atoms with Gasteiger partial charge in [-0.3, -0.25) is 4.99 Å². The standard InChI is InChI=1S/C23H32ClN5O2/c1-25-23(27-15-17-4-7-19(8-5-17)26-11-13-30-2)28-20-10-12-29(16-20)21-14-18(24)6-9-22(21)31-3/h4-9,14,20,26H,10-13,15-16H2,1-3H3,(H2,25,27,28). The van der Waals surface area contributed by atoms with Gasteiger partial charge in [-0.15, -0.1) is 0 Å². The van der Waals surface area contributed by atoms with E-state index in [0.29, 0.717) is 24.2 Å². The van der Waals surface area contributed by atoms with Crippen LogP contribution in [0.15, 0.2) is 47.5 Å². The fourth-order valence-electron chi connectivity index (χ4n) is 3.62. The van der Waals surface area contributed by atoms with E-state index in [2.05, 4.69) is 50.1 Å². The van der Waals surface area contributed by atoms with Gasteiger partial charge in [0.25, 0.3) is 0 Å². The minimum Gasteiger partial charge on any atom is -0.495 e. The maximum atomic E-state index is 6.20. The first kappa shape index (κ1) is 23.0.